The second-order valence-corrected chi connectivity index (χ2v) is 5.36. The van der Waals surface area contributed by atoms with Gasteiger partial charge < -0.3 is 4.84 Å². The lowest BCUT2D eigenvalue weighted by Crippen LogP contribution is -2.39. The Morgan fingerprint density at radius 1 is 1.04 bits per heavy atom. The molecule has 0 aromatic heterocycles. The van der Waals surface area contributed by atoms with Crippen LogP contribution in [0, 0.1) is 12.7 Å². The smallest absolute Gasteiger partial charge is 0.323 e. The van der Waals surface area contributed by atoms with E-state index in [0.717, 1.165) is 18.2 Å². The molecule has 2 aromatic rings. The average molecular weight is 349 g/mol. The van der Waals surface area contributed by atoms with Crippen molar-refractivity contribution in [1.29, 1.82) is 0 Å². The van der Waals surface area contributed by atoms with Crippen LogP contribution in [0.3, 0.4) is 0 Å². The number of amides is 2. The summed E-state index contributed by atoms with van der Waals surface area (Å²) in [5, 5.41) is -0.000231. The Kier molecular flexibility index (Phi) is 3.82. The van der Waals surface area contributed by atoms with Crippen LogP contribution in [0.4, 0.5) is 13.2 Å². The first-order chi connectivity index (χ1) is 11.7. The molecule has 0 fully saturated rings. The van der Waals surface area contributed by atoms with E-state index in [9.17, 15) is 27.6 Å². The summed E-state index contributed by atoms with van der Waals surface area (Å²) in [6.45, 7) is 1.20. The van der Waals surface area contributed by atoms with Gasteiger partial charge >= 0.3 is 11.9 Å². The van der Waals surface area contributed by atoms with E-state index in [-0.39, 0.29) is 21.8 Å². The zero-order valence-electron chi connectivity index (χ0n) is 12.8. The Hall–Kier alpha value is -3.16. The zero-order valence-corrected chi connectivity index (χ0v) is 12.8. The van der Waals surface area contributed by atoms with Gasteiger partial charge in [-0.05, 0) is 42.8 Å². The van der Waals surface area contributed by atoms with E-state index in [2.05, 4.69) is 4.84 Å². The van der Waals surface area contributed by atoms with Crippen molar-refractivity contribution in [3.05, 3.63) is 70.5 Å². The van der Waals surface area contributed by atoms with E-state index in [1.54, 1.807) is 0 Å². The van der Waals surface area contributed by atoms with Gasteiger partial charge in [0.2, 0.25) is 0 Å². The Balaban J connectivity index is 1.87. The molecule has 0 bridgehead atoms. The molecule has 1 heterocycles. The normalized spacial score (nSPS) is 13.8. The van der Waals surface area contributed by atoms with Crippen molar-refractivity contribution >= 4 is 17.8 Å². The van der Waals surface area contributed by atoms with Crippen molar-refractivity contribution in [1.82, 2.24) is 5.06 Å². The summed E-state index contributed by atoms with van der Waals surface area (Å²) in [7, 11) is 0. The van der Waals surface area contributed by atoms with Crippen LogP contribution in [0.15, 0.2) is 42.5 Å². The van der Waals surface area contributed by atoms with E-state index in [1.165, 1.54) is 31.2 Å². The molecule has 0 radical (unpaired) electrons. The molecule has 3 rings (SSSR count). The zero-order chi connectivity index (χ0) is 18.4. The van der Waals surface area contributed by atoms with Gasteiger partial charge in [-0.3, -0.25) is 9.59 Å². The molecule has 2 aromatic carbocycles. The van der Waals surface area contributed by atoms with Crippen LogP contribution < -0.4 is 0 Å². The van der Waals surface area contributed by atoms with E-state index in [4.69, 9.17) is 0 Å². The predicted octanol–water partition coefficient (Wildman–Crippen LogP) is 2.98. The third-order valence-corrected chi connectivity index (χ3v) is 3.71. The molecule has 0 N–H and O–H groups in total. The molecule has 0 aliphatic carbocycles. The quantitative estimate of drug-likeness (QED) is 0.799. The van der Waals surface area contributed by atoms with Gasteiger partial charge in [-0.25, -0.2) is 9.18 Å². The lowest BCUT2D eigenvalue weighted by Gasteiger charge is -2.20. The van der Waals surface area contributed by atoms with Crippen molar-refractivity contribution in [3.63, 3.8) is 0 Å². The number of alkyl halides is 2. The first kappa shape index (κ1) is 16.7. The maximum Gasteiger partial charge on any atom is 0.407 e. The third kappa shape index (κ3) is 2.65. The number of hydrogen-bond donors (Lipinski definition) is 0. The number of rotatable bonds is 3. The Morgan fingerprint density at radius 2 is 1.60 bits per heavy atom. The van der Waals surface area contributed by atoms with Crippen LogP contribution in [0.1, 0.15) is 31.8 Å². The number of hydroxylamine groups is 2. The van der Waals surface area contributed by atoms with Crippen molar-refractivity contribution in [2.75, 3.05) is 0 Å². The van der Waals surface area contributed by atoms with Gasteiger partial charge in [0.25, 0.3) is 11.8 Å². The van der Waals surface area contributed by atoms with E-state index < -0.39 is 35.1 Å². The summed E-state index contributed by atoms with van der Waals surface area (Å²) >= 11 is 0. The SMILES string of the molecule is Cc1cc(F)ccc1C(F)(F)C(=O)ON1C(=O)c2ccccc2C1=O. The fraction of sp³-hybridized carbons (Fsp3) is 0.118. The fourth-order valence-corrected chi connectivity index (χ4v) is 2.48. The minimum atomic E-state index is -4.17. The predicted molar refractivity (Wildman–Crippen MR) is 78.1 cm³/mol. The minimum absolute atomic E-state index is 0.000231. The molecule has 8 heteroatoms. The highest BCUT2D eigenvalue weighted by atomic mass is 19.3. The maximum atomic E-state index is 14.3. The number of hydrogen-bond acceptors (Lipinski definition) is 4. The molecule has 1 aliphatic heterocycles. The average Bonchev–Trinajstić information content (AvgIpc) is 2.80. The summed E-state index contributed by atoms with van der Waals surface area (Å²) < 4.78 is 41.7. The van der Waals surface area contributed by atoms with Crippen LogP contribution in [0.5, 0.6) is 0 Å². The Morgan fingerprint density at radius 3 is 2.12 bits per heavy atom. The highest BCUT2D eigenvalue weighted by Gasteiger charge is 2.48. The lowest BCUT2D eigenvalue weighted by molar-refractivity contribution is -0.198. The number of carbonyl (C=O) groups is 3. The lowest BCUT2D eigenvalue weighted by atomic mass is 10.0. The fourth-order valence-electron chi connectivity index (χ4n) is 2.48. The first-order valence-corrected chi connectivity index (χ1v) is 7.08. The number of benzene rings is 2. The van der Waals surface area contributed by atoms with Gasteiger partial charge in [0.15, 0.2) is 0 Å². The largest absolute Gasteiger partial charge is 0.407 e. The van der Waals surface area contributed by atoms with Crippen LogP contribution in [0.2, 0.25) is 0 Å². The molecular weight excluding hydrogens is 339 g/mol. The second-order valence-electron chi connectivity index (χ2n) is 5.36. The van der Waals surface area contributed by atoms with Crippen LogP contribution in [-0.2, 0) is 15.6 Å². The summed E-state index contributed by atoms with van der Waals surface area (Å²) in [4.78, 5) is 40.4. The van der Waals surface area contributed by atoms with Crippen LogP contribution >= 0.6 is 0 Å². The summed E-state index contributed by atoms with van der Waals surface area (Å²) in [6, 6.07) is 7.92. The standard InChI is InChI=1S/C17H10F3NO4/c1-9-8-10(18)6-7-13(9)17(19,20)16(24)25-21-14(22)11-4-2-3-5-12(11)15(21)23/h2-8H,1H3. The molecule has 5 nitrogen and oxygen atoms in total. The molecule has 25 heavy (non-hydrogen) atoms. The Bertz CT molecular complexity index is 876. The van der Waals surface area contributed by atoms with E-state index in [0.29, 0.717) is 0 Å². The molecular formula is C17H10F3NO4. The molecule has 0 unspecified atom stereocenters. The van der Waals surface area contributed by atoms with E-state index >= 15 is 0 Å². The number of fused-ring (bicyclic) bond motifs is 1. The van der Waals surface area contributed by atoms with Gasteiger partial charge in [-0.15, -0.1) is 0 Å². The molecule has 0 saturated heterocycles. The molecule has 0 saturated carbocycles. The summed E-state index contributed by atoms with van der Waals surface area (Å²) in [6.07, 6.45) is 0. The topological polar surface area (TPSA) is 63.7 Å². The third-order valence-electron chi connectivity index (χ3n) is 3.71. The monoisotopic (exact) mass is 349 g/mol. The number of aryl methyl sites for hydroxylation is 1. The van der Waals surface area contributed by atoms with Crippen molar-refractivity contribution in [3.8, 4) is 0 Å². The molecule has 128 valence electrons. The van der Waals surface area contributed by atoms with Crippen molar-refractivity contribution < 1.29 is 32.4 Å². The van der Waals surface area contributed by atoms with Gasteiger partial charge in [0, 0.05) is 5.56 Å². The maximum absolute atomic E-state index is 14.3. The summed E-state index contributed by atoms with van der Waals surface area (Å²) in [5.41, 5.74) is -1.07. The first-order valence-electron chi connectivity index (χ1n) is 7.08. The van der Waals surface area contributed by atoms with Gasteiger partial charge in [-0.1, -0.05) is 17.2 Å². The number of carbonyl (C=O) groups excluding carboxylic acids is 3. The highest BCUT2D eigenvalue weighted by Crippen LogP contribution is 2.33. The van der Waals surface area contributed by atoms with Gasteiger partial charge in [-0.2, -0.15) is 8.78 Å². The van der Waals surface area contributed by atoms with Gasteiger partial charge in [0.1, 0.15) is 5.82 Å². The highest BCUT2D eigenvalue weighted by molar-refractivity contribution is 6.20. The number of halogens is 3. The molecule has 0 atom stereocenters. The van der Waals surface area contributed by atoms with Crippen molar-refractivity contribution in [2.45, 2.75) is 12.8 Å². The molecule has 2 amide bonds. The molecule has 1 aliphatic rings. The summed E-state index contributed by atoms with van der Waals surface area (Å²) in [5.74, 6) is -9.06. The van der Waals surface area contributed by atoms with Gasteiger partial charge in [0.05, 0.1) is 11.1 Å². The number of imide groups is 1. The second kappa shape index (κ2) is 5.73. The van der Waals surface area contributed by atoms with Crippen molar-refractivity contribution in [2.24, 2.45) is 0 Å². The molecule has 0 spiro atoms. The number of nitrogens with zero attached hydrogens (tertiary/aromatic N) is 1. The van der Waals surface area contributed by atoms with Crippen LogP contribution in [-0.4, -0.2) is 22.8 Å². The minimum Gasteiger partial charge on any atom is -0.323 e. The van der Waals surface area contributed by atoms with E-state index in [1.807, 2.05) is 0 Å². The Labute approximate surface area is 139 Å². The van der Waals surface area contributed by atoms with Crippen LogP contribution in [0.25, 0.3) is 0 Å².